The fourth-order valence-electron chi connectivity index (χ4n) is 1.94. The van der Waals surface area contributed by atoms with Crippen molar-refractivity contribution in [3.63, 3.8) is 0 Å². The Morgan fingerprint density at radius 3 is 3.10 bits per heavy atom. The van der Waals surface area contributed by atoms with E-state index >= 15 is 0 Å². The lowest BCUT2D eigenvalue weighted by Crippen LogP contribution is -2.21. The zero-order valence-electron chi connectivity index (χ0n) is 11.5. The van der Waals surface area contributed by atoms with Gasteiger partial charge in [-0.15, -0.1) is 21.5 Å². The average Bonchev–Trinajstić information content (AvgIpc) is 3.09. The molecular formula is C15H14N4OS. The van der Waals surface area contributed by atoms with Crippen molar-refractivity contribution in [2.75, 3.05) is 0 Å². The van der Waals surface area contributed by atoms with E-state index in [-0.39, 0.29) is 5.91 Å². The monoisotopic (exact) mass is 298 g/mol. The minimum Gasteiger partial charge on any atom is -0.345 e. The maximum Gasteiger partial charge on any atom is 0.244 e. The second-order valence-electron chi connectivity index (χ2n) is 4.56. The molecule has 6 heteroatoms. The first-order valence-electron chi connectivity index (χ1n) is 6.53. The van der Waals surface area contributed by atoms with Crippen LogP contribution in [0.5, 0.6) is 0 Å². The van der Waals surface area contributed by atoms with Gasteiger partial charge in [-0.1, -0.05) is 6.07 Å². The highest BCUT2D eigenvalue weighted by Crippen LogP contribution is 2.16. The van der Waals surface area contributed by atoms with Crippen LogP contribution in [0.25, 0.3) is 11.7 Å². The van der Waals surface area contributed by atoms with E-state index in [1.807, 2.05) is 53.2 Å². The number of carbonyl (C=O) groups excluding carboxylic acids is 1. The number of thiophene rings is 1. The molecule has 0 unspecified atom stereocenters. The van der Waals surface area contributed by atoms with E-state index in [1.165, 1.54) is 5.56 Å². The number of rotatable bonds is 4. The zero-order chi connectivity index (χ0) is 14.7. The van der Waals surface area contributed by atoms with Gasteiger partial charge in [-0.25, -0.2) is 0 Å². The summed E-state index contributed by atoms with van der Waals surface area (Å²) in [4.78, 5) is 12.9. The lowest BCUT2D eigenvalue weighted by atomic mass is 10.3. The fraction of sp³-hybridized carbons (Fsp3) is 0.133. The van der Waals surface area contributed by atoms with Crippen molar-refractivity contribution in [1.82, 2.24) is 19.9 Å². The number of hydrogen-bond acceptors (Lipinski definition) is 4. The highest BCUT2D eigenvalue weighted by atomic mass is 32.1. The predicted octanol–water partition coefficient (Wildman–Crippen LogP) is 2.43. The summed E-state index contributed by atoms with van der Waals surface area (Å²) in [7, 11) is 0. The van der Waals surface area contributed by atoms with E-state index in [0.29, 0.717) is 12.4 Å². The van der Waals surface area contributed by atoms with Crippen LogP contribution >= 0.6 is 11.3 Å². The van der Waals surface area contributed by atoms with Crippen molar-refractivity contribution in [2.45, 2.75) is 13.5 Å². The van der Waals surface area contributed by atoms with Gasteiger partial charge in [0.1, 0.15) is 0 Å². The summed E-state index contributed by atoms with van der Waals surface area (Å²) in [5, 5.41) is 12.9. The van der Waals surface area contributed by atoms with E-state index in [4.69, 9.17) is 0 Å². The SMILES string of the molecule is Cc1ccsc1/C=C/C(=O)NCc1nnc2ccccn12. The molecule has 106 valence electrons. The van der Waals surface area contributed by atoms with Crippen LogP contribution < -0.4 is 5.32 Å². The van der Waals surface area contributed by atoms with Crippen LogP contribution in [0, 0.1) is 6.92 Å². The lowest BCUT2D eigenvalue weighted by Gasteiger charge is -2.00. The van der Waals surface area contributed by atoms with Gasteiger partial charge < -0.3 is 5.32 Å². The van der Waals surface area contributed by atoms with Crippen LogP contribution in [0.2, 0.25) is 0 Å². The summed E-state index contributed by atoms with van der Waals surface area (Å²) in [6, 6.07) is 7.71. The Bertz CT molecular complexity index is 803. The van der Waals surface area contributed by atoms with Crippen molar-refractivity contribution < 1.29 is 4.79 Å². The molecule has 1 N–H and O–H groups in total. The molecule has 21 heavy (non-hydrogen) atoms. The summed E-state index contributed by atoms with van der Waals surface area (Å²) < 4.78 is 1.85. The molecule has 3 rings (SSSR count). The van der Waals surface area contributed by atoms with Crippen molar-refractivity contribution in [3.05, 3.63) is 58.2 Å². The van der Waals surface area contributed by atoms with Crippen molar-refractivity contribution in [1.29, 1.82) is 0 Å². The van der Waals surface area contributed by atoms with E-state index < -0.39 is 0 Å². The maximum atomic E-state index is 11.8. The number of pyridine rings is 1. The maximum absolute atomic E-state index is 11.8. The third kappa shape index (κ3) is 3.00. The second-order valence-corrected chi connectivity index (χ2v) is 5.51. The molecule has 0 aliphatic carbocycles. The molecule has 0 aliphatic rings. The van der Waals surface area contributed by atoms with Gasteiger partial charge in [-0.3, -0.25) is 9.20 Å². The van der Waals surface area contributed by atoms with Gasteiger partial charge in [0.25, 0.3) is 0 Å². The average molecular weight is 298 g/mol. The van der Waals surface area contributed by atoms with E-state index in [0.717, 1.165) is 10.5 Å². The van der Waals surface area contributed by atoms with Crippen molar-refractivity contribution in [2.24, 2.45) is 0 Å². The Morgan fingerprint density at radius 2 is 2.29 bits per heavy atom. The molecule has 0 saturated heterocycles. The number of carbonyl (C=O) groups is 1. The number of aromatic nitrogens is 3. The van der Waals surface area contributed by atoms with Crippen LogP contribution in [-0.2, 0) is 11.3 Å². The molecule has 3 aromatic rings. The van der Waals surface area contributed by atoms with Crippen LogP contribution in [0.3, 0.4) is 0 Å². The third-order valence-electron chi connectivity index (χ3n) is 3.09. The summed E-state index contributed by atoms with van der Waals surface area (Å²) >= 11 is 1.62. The van der Waals surface area contributed by atoms with E-state index in [2.05, 4.69) is 15.5 Å². The summed E-state index contributed by atoms with van der Waals surface area (Å²) in [5.74, 6) is 0.565. The standard InChI is InChI=1S/C15H14N4OS/c1-11-7-9-21-12(11)5-6-15(20)16-10-14-18-17-13-4-2-3-8-19(13)14/h2-9H,10H2,1H3,(H,16,20)/b6-5+. The Kier molecular flexibility index (Phi) is 3.79. The summed E-state index contributed by atoms with van der Waals surface area (Å²) in [6.07, 6.45) is 5.25. The topological polar surface area (TPSA) is 59.3 Å². The molecule has 0 aromatic carbocycles. The zero-order valence-corrected chi connectivity index (χ0v) is 12.3. The van der Waals surface area contributed by atoms with Gasteiger partial charge in [-0.05, 0) is 42.1 Å². The highest BCUT2D eigenvalue weighted by molar-refractivity contribution is 7.11. The number of hydrogen-bond donors (Lipinski definition) is 1. The van der Waals surface area contributed by atoms with Crippen LogP contribution in [0.4, 0.5) is 0 Å². The van der Waals surface area contributed by atoms with Crippen molar-refractivity contribution in [3.8, 4) is 0 Å². The molecule has 1 amide bonds. The number of nitrogens with one attached hydrogen (secondary N) is 1. The first kappa shape index (κ1) is 13.5. The molecule has 0 radical (unpaired) electrons. The number of fused-ring (bicyclic) bond motifs is 1. The van der Waals surface area contributed by atoms with Gasteiger partial charge >= 0.3 is 0 Å². The lowest BCUT2D eigenvalue weighted by molar-refractivity contribution is -0.116. The molecular weight excluding hydrogens is 284 g/mol. The van der Waals surface area contributed by atoms with Crippen LogP contribution in [0.1, 0.15) is 16.3 Å². The van der Waals surface area contributed by atoms with Crippen molar-refractivity contribution >= 4 is 29.0 Å². The Balaban J connectivity index is 1.64. The Hall–Kier alpha value is -2.47. The van der Waals surface area contributed by atoms with E-state index in [1.54, 1.807) is 17.4 Å². The Morgan fingerprint density at radius 1 is 1.38 bits per heavy atom. The first-order chi connectivity index (χ1) is 10.2. The smallest absolute Gasteiger partial charge is 0.244 e. The molecule has 0 aliphatic heterocycles. The van der Waals surface area contributed by atoms with Gasteiger partial charge in [0.05, 0.1) is 6.54 Å². The Labute approximate surface area is 126 Å². The number of nitrogens with zero attached hydrogens (tertiary/aromatic N) is 3. The molecule has 3 aromatic heterocycles. The molecule has 0 spiro atoms. The first-order valence-corrected chi connectivity index (χ1v) is 7.40. The fourth-order valence-corrected chi connectivity index (χ4v) is 2.76. The third-order valence-corrected chi connectivity index (χ3v) is 4.08. The summed E-state index contributed by atoms with van der Waals surface area (Å²) in [6.45, 7) is 2.37. The molecule has 0 bridgehead atoms. The van der Waals surface area contributed by atoms with Gasteiger partial charge in [-0.2, -0.15) is 0 Å². The second kappa shape index (κ2) is 5.88. The summed E-state index contributed by atoms with van der Waals surface area (Å²) in [5.41, 5.74) is 1.94. The largest absolute Gasteiger partial charge is 0.345 e. The van der Waals surface area contributed by atoms with Gasteiger partial charge in [0.2, 0.25) is 5.91 Å². The van der Waals surface area contributed by atoms with E-state index in [9.17, 15) is 4.79 Å². The predicted molar refractivity (Wildman–Crippen MR) is 82.9 cm³/mol. The minimum atomic E-state index is -0.143. The quantitative estimate of drug-likeness (QED) is 0.753. The molecule has 0 fully saturated rings. The van der Waals surface area contributed by atoms with Crippen LogP contribution in [0.15, 0.2) is 41.9 Å². The normalized spacial score (nSPS) is 11.3. The van der Waals surface area contributed by atoms with Crippen LogP contribution in [-0.4, -0.2) is 20.5 Å². The number of aryl methyl sites for hydroxylation is 1. The van der Waals surface area contributed by atoms with Gasteiger partial charge in [0.15, 0.2) is 11.5 Å². The highest BCUT2D eigenvalue weighted by Gasteiger charge is 2.05. The van der Waals surface area contributed by atoms with Gasteiger partial charge in [0, 0.05) is 17.2 Å². The molecule has 3 heterocycles. The molecule has 0 atom stereocenters. The minimum absolute atomic E-state index is 0.143. The molecule has 0 saturated carbocycles. The molecule has 5 nitrogen and oxygen atoms in total. The number of amides is 1.